The molecule has 4 N–H and O–H groups in total. The zero-order valence-electron chi connectivity index (χ0n) is 11.2. The number of ether oxygens (including phenoxy) is 1. The van der Waals surface area contributed by atoms with Crippen molar-refractivity contribution in [3.05, 3.63) is 16.1 Å². The van der Waals surface area contributed by atoms with Gasteiger partial charge >= 0.3 is 0 Å². The second-order valence-electron chi connectivity index (χ2n) is 4.52. The molecule has 0 aliphatic rings. The first kappa shape index (κ1) is 16.3. The van der Waals surface area contributed by atoms with Gasteiger partial charge in [0.1, 0.15) is 5.82 Å². The van der Waals surface area contributed by atoms with Crippen LogP contribution in [0.2, 0.25) is 10.0 Å². The van der Waals surface area contributed by atoms with E-state index >= 15 is 0 Å². The molecular weight excluding hydrogens is 287 g/mol. The zero-order chi connectivity index (χ0) is 14.3. The Balaban J connectivity index is 2.37. The van der Waals surface area contributed by atoms with Crippen LogP contribution < -0.4 is 16.6 Å². The molecule has 1 heterocycles. The Kier molecular flexibility index (Phi) is 7.23. The number of nitrogens with one attached hydrogen (secondary N) is 2. The van der Waals surface area contributed by atoms with Crippen LogP contribution in [0.4, 0.5) is 11.6 Å². The summed E-state index contributed by atoms with van der Waals surface area (Å²) in [6.07, 6.45) is 1.06. The van der Waals surface area contributed by atoms with E-state index in [4.69, 9.17) is 33.8 Å². The average molecular weight is 307 g/mol. The molecule has 0 unspecified atom stereocenters. The molecule has 1 aromatic rings. The van der Waals surface area contributed by atoms with Crippen LogP contribution in [0.3, 0.4) is 0 Å². The molecule has 0 bridgehead atoms. The highest BCUT2D eigenvalue weighted by Gasteiger charge is 2.07. The quantitative estimate of drug-likeness (QED) is 0.391. The molecule has 0 spiro atoms. The maximum Gasteiger partial charge on any atom is 0.161 e. The number of hydrazine groups is 1. The fourth-order valence-corrected chi connectivity index (χ4v) is 1.83. The fourth-order valence-electron chi connectivity index (χ4n) is 1.35. The second-order valence-corrected chi connectivity index (χ2v) is 5.33. The minimum atomic E-state index is 0.381. The SMILES string of the molecule is CC(C)CCOCCNc1nc(NN)c(Cl)cc1Cl. The number of hydrogen-bond donors (Lipinski definition) is 3. The van der Waals surface area contributed by atoms with Crippen LogP contribution in [0, 0.1) is 5.92 Å². The van der Waals surface area contributed by atoms with Crippen LogP contribution in [-0.4, -0.2) is 24.7 Å². The van der Waals surface area contributed by atoms with E-state index in [9.17, 15) is 0 Å². The van der Waals surface area contributed by atoms with Gasteiger partial charge in [-0.25, -0.2) is 10.8 Å². The van der Waals surface area contributed by atoms with Gasteiger partial charge in [-0.3, -0.25) is 0 Å². The second kappa shape index (κ2) is 8.43. The Labute approximate surface area is 123 Å². The summed E-state index contributed by atoms with van der Waals surface area (Å²) < 4.78 is 5.49. The third kappa shape index (κ3) is 5.82. The van der Waals surface area contributed by atoms with Gasteiger partial charge in [-0.2, -0.15) is 0 Å². The summed E-state index contributed by atoms with van der Waals surface area (Å²) in [7, 11) is 0. The van der Waals surface area contributed by atoms with E-state index in [1.165, 1.54) is 0 Å². The van der Waals surface area contributed by atoms with E-state index in [1.54, 1.807) is 6.07 Å². The van der Waals surface area contributed by atoms with Crippen LogP contribution in [0.5, 0.6) is 0 Å². The molecule has 0 saturated heterocycles. The summed E-state index contributed by atoms with van der Waals surface area (Å²) in [6.45, 7) is 6.31. The minimum Gasteiger partial charge on any atom is -0.380 e. The van der Waals surface area contributed by atoms with Crippen molar-refractivity contribution in [1.29, 1.82) is 0 Å². The van der Waals surface area contributed by atoms with E-state index in [0.717, 1.165) is 13.0 Å². The predicted molar refractivity (Wildman–Crippen MR) is 80.8 cm³/mol. The van der Waals surface area contributed by atoms with Gasteiger partial charge in [0.15, 0.2) is 5.82 Å². The first-order valence-electron chi connectivity index (χ1n) is 6.19. The molecule has 0 aliphatic carbocycles. The molecule has 0 amide bonds. The molecule has 0 atom stereocenters. The number of nitrogens with two attached hydrogens (primary N) is 1. The monoisotopic (exact) mass is 306 g/mol. The first-order valence-corrected chi connectivity index (χ1v) is 6.94. The molecule has 1 rings (SSSR count). The number of halogens is 2. The smallest absolute Gasteiger partial charge is 0.161 e. The number of pyridine rings is 1. The summed E-state index contributed by atoms with van der Waals surface area (Å²) >= 11 is 11.9. The van der Waals surface area contributed by atoms with Gasteiger partial charge in [0, 0.05) is 13.2 Å². The van der Waals surface area contributed by atoms with Crippen molar-refractivity contribution >= 4 is 34.8 Å². The standard InChI is InChI=1S/C12H20Cl2N4O/c1-8(2)3-5-19-6-4-16-11-9(13)7-10(14)12(17-11)18-15/h7-8H,3-6,15H2,1-2H3,(H2,16,17,18). The Bertz CT molecular complexity index is 402. The fraction of sp³-hybridized carbons (Fsp3) is 0.583. The lowest BCUT2D eigenvalue weighted by Gasteiger charge is -2.11. The zero-order valence-corrected chi connectivity index (χ0v) is 12.7. The number of anilines is 2. The first-order chi connectivity index (χ1) is 9.04. The molecule has 19 heavy (non-hydrogen) atoms. The molecule has 0 fully saturated rings. The molecule has 108 valence electrons. The third-order valence-corrected chi connectivity index (χ3v) is 3.02. The number of hydrogen-bond acceptors (Lipinski definition) is 5. The summed E-state index contributed by atoms with van der Waals surface area (Å²) in [5, 5.41) is 3.91. The van der Waals surface area contributed by atoms with Gasteiger partial charge in [-0.15, -0.1) is 0 Å². The van der Waals surface area contributed by atoms with Crippen LogP contribution >= 0.6 is 23.2 Å². The van der Waals surface area contributed by atoms with Crippen molar-refractivity contribution < 1.29 is 4.74 Å². The van der Waals surface area contributed by atoms with Crippen LogP contribution in [0.25, 0.3) is 0 Å². The largest absolute Gasteiger partial charge is 0.380 e. The van der Waals surface area contributed by atoms with Gasteiger partial charge < -0.3 is 15.5 Å². The normalized spacial score (nSPS) is 10.8. The molecule has 5 nitrogen and oxygen atoms in total. The van der Waals surface area contributed by atoms with E-state index in [0.29, 0.717) is 40.8 Å². The molecule has 0 aliphatic heterocycles. The van der Waals surface area contributed by atoms with Crippen molar-refractivity contribution in [2.45, 2.75) is 20.3 Å². The summed E-state index contributed by atoms with van der Waals surface area (Å²) in [5.74, 6) is 6.87. The van der Waals surface area contributed by atoms with Crippen LogP contribution in [0.1, 0.15) is 20.3 Å². The van der Waals surface area contributed by atoms with E-state index in [-0.39, 0.29) is 0 Å². The highest BCUT2D eigenvalue weighted by molar-refractivity contribution is 6.37. The van der Waals surface area contributed by atoms with Gasteiger partial charge in [-0.1, -0.05) is 37.0 Å². The van der Waals surface area contributed by atoms with Crippen molar-refractivity contribution in [3.8, 4) is 0 Å². The Morgan fingerprint density at radius 3 is 2.58 bits per heavy atom. The number of aromatic nitrogens is 1. The maximum absolute atomic E-state index is 6.02. The lowest BCUT2D eigenvalue weighted by molar-refractivity contribution is 0.132. The molecule has 7 heteroatoms. The average Bonchev–Trinajstić information content (AvgIpc) is 2.35. The van der Waals surface area contributed by atoms with Crippen molar-refractivity contribution in [2.75, 3.05) is 30.5 Å². The van der Waals surface area contributed by atoms with Crippen molar-refractivity contribution in [2.24, 2.45) is 11.8 Å². The lowest BCUT2D eigenvalue weighted by atomic mass is 10.1. The summed E-state index contributed by atoms with van der Waals surface area (Å²) in [4.78, 5) is 4.17. The van der Waals surface area contributed by atoms with Gasteiger partial charge in [0.2, 0.25) is 0 Å². The maximum atomic E-state index is 6.02. The Morgan fingerprint density at radius 1 is 1.26 bits per heavy atom. The van der Waals surface area contributed by atoms with Crippen molar-refractivity contribution in [1.82, 2.24) is 4.98 Å². The van der Waals surface area contributed by atoms with Crippen LogP contribution in [-0.2, 0) is 4.74 Å². The minimum absolute atomic E-state index is 0.381. The van der Waals surface area contributed by atoms with Gasteiger partial charge in [0.05, 0.1) is 16.7 Å². The molecule has 0 saturated carbocycles. The predicted octanol–water partition coefficient (Wildman–Crippen LogP) is 3.15. The Hall–Kier alpha value is -0.750. The molecule has 0 aromatic carbocycles. The lowest BCUT2D eigenvalue weighted by Crippen LogP contribution is -2.14. The number of rotatable bonds is 8. The molecular formula is C12H20Cl2N4O. The van der Waals surface area contributed by atoms with Crippen molar-refractivity contribution in [3.63, 3.8) is 0 Å². The summed E-state index contributed by atoms with van der Waals surface area (Å²) in [6, 6.07) is 1.59. The molecule has 0 radical (unpaired) electrons. The van der Waals surface area contributed by atoms with Crippen LogP contribution in [0.15, 0.2) is 6.07 Å². The van der Waals surface area contributed by atoms with Gasteiger partial charge in [-0.05, 0) is 18.4 Å². The highest BCUT2D eigenvalue weighted by Crippen LogP contribution is 2.28. The summed E-state index contributed by atoms with van der Waals surface area (Å²) in [5.41, 5.74) is 2.41. The number of nitrogen functional groups attached to an aromatic ring is 1. The van der Waals surface area contributed by atoms with E-state index in [2.05, 4.69) is 29.6 Å². The Morgan fingerprint density at radius 2 is 1.95 bits per heavy atom. The van der Waals surface area contributed by atoms with E-state index in [1.807, 2.05) is 0 Å². The topological polar surface area (TPSA) is 72.2 Å². The van der Waals surface area contributed by atoms with E-state index < -0.39 is 0 Å². The third-order valence-electron chi connectivity index (χ3n) is 2.44. The number of nitrogens with zero attached hydrogens (tertiary/aromatic N) is 1. The highest BCUT2D eigenvalue weighted by atomic mass is 35.5. The molecule has 1 aromatic heterocycles. The van der Waals surface area contributed by atoms with Gasteiger partial charge in [0.25, 0.3) is 0 Å².